The maximum Gasteiger partial charge on any atom is 0.319 e. The van der Waals surface area contributed by atoms with Gasteiger partial charge in [-0.15, -0.1) is 0 Å². The summed E-state index contributed by atoms with van der Waals surface area (Å²) in [7, 11) is 5.80. The maximum absolute atomic E-state index is 12.2. The van der Waals surface area contributed by atoms with Gasteiger partial charge < -0.3 is 29.6 Å². The predicted molar refractivity (Wildman–Crippen MR) is 94.2 cm³/mol. The minimum Gasteiger partial charge on any atom is -0.550 e. The van der Waals surface area contributed by atoms with Crippen LogP contribution in [-0.2, 0) is 4.79 Å². The van der Waals surface area contributed by atoms with Gasteiger partial charge in [-0.1, -0.05) is 6.07 Å². The summed E-state index contributed by atoms with van der Waals surface area (Å²) in [5.74, 6) is -1.19. The molecule has 2 N–H and O–H groups in total. The van der Waals surface area contributed by atoms with Crippen LogP contribution in [0.3, 0.4) is 0 Å². The third-order valence-electron chi connectivity index (χ3n) is 3.52. The molecule has 1 heterocycles. The van der Waals surface area contributed by atoms with Gasteiger partial charge in [0.1, 0.15) is 0 Å². The second-order valence-electron chi connectivity index (χ2n) is 6.99. The SMILES string of the molecule is C[N+](C)(C)CC(CC(=O)[O-])NC(=O)Nc1cccc(-n2cccc2)c1. The molecule has 1 aromatic carbocycles. The van der Waals surface area contributed by atoms with Crippen molar-refractivity contribution in [3.05, 3.63) is 48.8 Å². The molecule has 0 aliphatic rings. The maximum atomic E-state index is 12.2. The van der Waals surface area contributed by atoms with Crippen LogP contribution >= 0.6 is 0 Å². The van der Waals surface area contributed by atoms with Gasteiger partial charge in [0.15, 0.2) is 0 Å². The number of hydrogen-bond donors (Lipinski definition) is 2. The number of nitrogens with zero attached hydrogens (tertiary/aromatic N) is 2. The van der Waals surface area contributed by atoms with Crippen LogP contribution < -0.4 is 15.7 Å². The largest absolute Gasteiger partial charge is 0.550 e. The fraction of sp³-hybridized carbons (Fsp3) is 0.333. The lowest BCUT2D eigenvalue weighted by molar-refractivity contribution is -0.871. The second-order valence-corrected chi connectivity index (χ2v) is 6.99. The molecule has 0 fully saturated rings. The molecule has 2 aromatic rings. The van der Waals surface area contributed by atoms with Crippen molar-refractivity contribution in [3.8, 4) is 5.69 Å². The van der Waals surface area contributed by atoms with E-state index in [9.17, 15) is 14.7 Å². The number of carbonyl (C=O) groups is 2. The molecule has 2 rings (SSSR count). The fourth-order valence-corrected chi connectivity index (χ4v) is 2.63. The molecule has 1 unspecified atom stereocenters. The summed E-state index contributed by atoms with van der Waals surface area (Å²) < 4.78 is 2.46. The monoisotopic (exact) mass is 344 g/mol. The van der Waals surface area contributed by atoms with Gasteiger partial charge in [-0.25, -0.2) is 4.79 Å². The van der Waals surface area contributed by atoms with Crippen LogP contribution in [0.15, 0.2) is 48.8 Å². The van der Waals surface area contributed by atoms with Crippen LogP contribution in [0.1, 0.15) is 6.42 Å². The number of anilines is 1. The molecule has 0 aliphatic carbocycles. The van der Waals surface area contributed by atoms with E-state index >= 15 is 0 Å². The Morgan fingerprint density at radius 3 is 2.44 bits per heavy atom. The number of benzene rings is 1. The Morgan fingerprint density at radius 2 is 1.84 bits per heavy atom. The van der Waals surface area contributed by atoms with E-state index in [4.69, 9.17) is 0 Å². The van der Waals surface area contributed by atoms with E-state index < -0.39 is 18.0 Å². The van der Waals surface area contributed by atoms with Gasteiger partial charge in [-0.2, -0.15) is 0 Å². The highest BCUT2D eigenvalue weighted by molar-refractivity contribution is 5.90. The average Bonchev–Trinajstić information content (AvgIpc) is 2.98. The average molecular weight is 344 g/mol. The van der Waals surface area contributed by atoms with Crippen LogP contribution in [0.5, 0.6) is 0 Å². The smallest absolute Gasteiger partial charge is 0.319 e. The zero-order valence-corrected chi connectivity index (χ0v) is 14.7. The lowest BCUT2D eigenvalue weighted by atomic mass is 10.2. The lowest BCUT2D eigenvalue weighted by Gasteiger charge is -2.30. The first kappa shape index (κ1) is 18.5. The van der Waals surface area contributed by atoms with Crippen molar-refractivity contribution in [1.29, 1.82) is 0 Å². The van der Waals surface area contributed by atoms with Crippen molar-refractivity contribution in [2.75, 3.05) is 33.0 Å². The number of carboxylic acids is 1. The van der Waals surface area contributed by atoms with Gasteiger partial charge in [-0.05, 0) is 30.3 Å². The molecular weight excluding hydrogens is 320 g/mol. The van der Waals surface area contributed by atoms with Gasteiger partial charge in [0.05, 0.1) is 33.7 Å². The summed E-state index contributed by atoms with van der Waals surface area (Å²) in [6, 6.07) is 10.3. The third kappa shape index (κ3) is 6.31. The Kier molecular flexibility index (Phi) is 5.82. The van der Waals surface area contributed by atoms with Crippen molar-refractivity contribution in [2.24, 2.45) is 0 Å². The first-order valence-corrected chi connectivity index (χ1v) is 8.04. The molecule has 2 amide bonds. The van der Waals surface area contributed by atoms with Crippen molar-refractivity contribution >= 4 is 17.7 Å². The summed E-state index contributed by atoms with van der Waals surface area (Å²) in [4.78, 5) is 23.2. The predicted octanol–water partition coefficient (Wildman–Crippen LogP) is 0.814. The minimum absolute atomic E-state index is 0.230. The van der Waals surface area contributed by atoms with Crippen LogP contribution in [0.25, 0.3) is 5.69 Å². The molecular formula is C18H24N4O3. The molecule has 7 nitrogen and oxygen atoms in total. The molecule has 0 bridgehead atoms. The zero-order chi connectivity index (χ0) is 18.4. The molecule has 0 radical (unpaired) electrons. The summed E-state index contributed by atoms with van der Waals surface area (Å²) in [5.41, 5.74) is 1.54. The van der Waals surface area contributed by atoms with E-state index in [0.717, 1.165) is 5.69 Å². The first-order valence-electron chi connectivity index (χ1n) is 8.04. The number of aliphatic carboxylic acids is 1. The number of hydrogen-bond acceptors (Lipinski definition) is 3. The summed E-state index contributed by atoms with van der Waals surface area (Å²) >= 11 is 0. The van der Waals surface area contributed by atoms with Crippen molar-refractivity contribution in [2.45, 2.75) is 12.5 Å². The summed E-state index contributed by atoms with van der Waals surface area (Å²) in [5, 5.41) is 16.4. The van der Waals surface area contributed by atoms with Gasteiger partial charge >= 0.3 is 6.03 Å². The van der Waals surface area contributed by atoms with E-state index in [1.54, 1.807) is 6.07 Å². The molecule has 134 valence electrons. The Hall–Kier alpha value is -2.80. The van der Waals surface area contributed by atoms with Crippen molar-refractivity contribution < 1.29 is 19.2 Å². The highest BCUT2D eigenvalue weighted by Crippen LogP contribution is 2.15. The zero-order valence-electron chi connectivity index (χ0n) is 14.7. The van der Waals surface area contributed by atoms with E-state index in [1.807, 2.05) is 68.4 Å². The van der Waals surface area contributed by atoms with Gasteiger partial charge in [0.2, 0.25) is 0 Å². The Balaban J connectivity index is 2.02. The number of nitrogens with one attached hydrogen (secondary N) is 2. The van der Waals surface area contributed by atoms with Crippen LogP contribution in [0.2, 0.25) is 0 Å². The standard InChI is InChI=1S/C18H24N4O3/c1-22(2,3)13-15(12-17(23)24)20-18(25)19-14-7-6-8-16(11-14)21-9-4-5-10-21/h4-11,15H,12-13H2,1-3H3,(H2-,19,20,23,24,25). The first-order chi connectivity index (χ1) is 11.7. The van der Waals surface area contributed by atoms with E-state index in [0.29, 0.717) is 16.7 Å². The molecule has 25 heavy (non-hydrogen) atoms. The van der Waals surface area contributed by atoms with Gasteiger partial charge in [0.25, 0.3) is 0 Å². The Labute approximate surface area is 147 Å². The lowest BCUT2D eigenvalue weighted by Crippen LogP contribution is -2.51. The van der Waals surface area contributed by atoms with Crippen LogP contribution in [0, 0.1) is 0 Å². The third-order valence-corrected chi connectivity index (χ3v) is 3.52. The Bertz CT molecular complexity index is 720. The number of urea groups is 1. The van der Waals surface area contributed by atoms with Crippen LogP contribution in [0.4, 0.5) is 10.5 Å². The molecule has 7 heteroatoms. The fourth-order valence-electron chi connectivity index (χ4n) is 2.63. The second kappa shape index (κ2) is 7.85. The highest BCUT2D eigenvalue weighted by Gasteiger charge is 2.20. The van der Waals surface area contributed by atoms with Crippen molar-refractivity contribution in [3.63, 3.8) is 0 Å². The summed E-state index contributed by atoms with van der Waals surface area (Å²) in [6.07, 6.45) is 3.60. The van der Waals surface area contributed by atoms with Gasteiger partial charge in [0, 0.05) is 36.2 Å². The highest BCUT2D eigenvalue weighted by atomic mass is 16.4. The van der Waals surface area contributed by atoms with E-state index in [1.165, 1.54) is 0 Å². The number of quaternary nitrogens is 1. The van der Waals surface area contributed by atoms with E-state index in [2.05, 4.69) is 10.6 Å². The van der Waals surface area contributed by atoms with Crippen molar-refractivity contribution in [1.82, 2.24) is 9.88 Å². The van der Waals surface area contributed by atoms with Crippen LogP contribution in [-0.4, -0.2) is 54.8 Å². The molecule has 0 spiro atoms. The molecule has 0 aliphatic heterocycles. The number of carbonyl (C=O) groups excluding carboxylic acids is 2. The number of aromatic nitrogens is 1. The normalized spacial score (nSPS) is 12.4. The number of amides is 2. The number of rotatable bonds is 7. The molecule has 0 saturated carbocycles. The topological polar surface area (TPSA) is 86.2 Å². The molecule has 1 atom stereocenters. The molecule has 1 aromatic heterocycles. The molecule has 0 saturated heterocycles. The number of carboxylic acid groups (broad SMARTS) is 1. The quantitative estimate of drug-likeness (QED) is 0.729. The minimum atomic E-state index is -1.19. The van der Waals surface area contributed by atoms with E-state index in [-0.39, 0.29) is 6.42 Å². The Morgan fingerprint density at radius 1 is 1.16 bits per heavy atom. The van der Waals surface area contributed by atoms with Gasteiger partial charge in [-0.3, -0.25) is 0 Å². The summed E-state index contributed by atoms with van der Waals surface area (Å²) in [6.45, 7) is 0.477. The number of likely N-dealkylation sites (N-methyl/N-ethyl adjacent to an activating group) is 1.